The van der Waals surface area contributed by atoms with E-state index >= 15 is 0 Å². The zero-order valence-electron chi connectivity index (χ0n) is 22.3. The highest BCUT2D eigenvalue weighted by Gasteiger charge is 2.35. The van der Waals surface area contributed by atoms with Crippen molar-refractivity contribution >= 4 is 0 Å². The number of rotatable bonds is 8. The predicted octanol–water partition coefficient (Wildman–Crippen LogP) is 6.48. The zero-order valence-corrected chi connectivity index (χ0v) is 22.3. The van der Waals surface area contributed by atoms with Crippen LogP contribution in [-0.4, -0.2) is 36.6 Å². The van der Waals surface area contributed by atoms with Crippen LogP contribution >= 0.6 is 0 Å². The van der Waals surface area contributed by atoms with Gasteiger partial charge in [-0.05, 0) is 37.2 Å². The van der Waals surface area contributed by atoms with E-state index in [9.17, 15) is 13.2 Å². The van der Waals surface area contributed by atoms with Gasteiger partial charge in [-0.3, -0.25) is 0 Å². The van der Waals surface area contributed by atoms with Crippen LogP contribution in [0.5, 0.6) is 11.8 Å². The topological polar surface area (TPSA) is 87.8 Å². The molecule has 3 heterocycles. The molecule has 3 aromatic heterocycles. The number of ether oxygens (including phenoxy) is 2. The van der Waals surface area contributed by atoms with Gasteiger partial charge in [0.05, 0.1) is 12.8 Å². The summed E-state index contributed by atoms with van der Waals surface area (Å²) in [5, 5.41) is 0. The minimum absolute atomic E-state index is 0.239. The minimum Gasteiger partial charge on any atom is -0.480 e. The van der Waals surface area contributed by atoms with E-state index in [0.717, 1.165) is 61.5 Å². The molecule has 0 aliphatic heterocycles. The first kappa shape index (κ1) is 26.2. The van der Waals surface area contributed by atoms with Crippen LogP contribution in [0, 0.1) is 0 Å². The minimum atomic E-state index is -4.49. The lowest BCUT2D eigenvalue weighted by atomic mass is 10.00. The van der Waals surface area contributed by atoms with E-state index in [1.54, 1.807) is 26.3 Å². The monoisotopic (exact) mass is 550 g/mol. The number of aryl methyl sites for hydroxylation is 1. The van der Waals surface area contributed by atoms with E-state index in [4.69, 9.17) is 19.4 Å². The van der Waals surface area contributed by atoms with Crippen LogP contribution in [0.3, 0.4) is 0 Å². The van der Waals surface area contributed by atoms with Crippen LogP contribution in [0.15, 0.2) is 43.0 Å². The number of alkyl halides is 3. The second kappa shape index (κ2) is 10.5. The zero-order chi connectivity index (χ0) is 27.9. The van der Waals surface area contributed by atoms with E-state index in [-0.39, 0.29) is 12.4 Å². The first-order chi connectivity index (χ1) is 19.3. The molecule has 4 aromatic rings. The van der Waals surface area contributed by atoms with Gasteiger partial charge in [-0.15, -0.1) is 0 Å². The van der Waals surface area contributed by atoms with Crippen LogP contribution in [0.25, 0.3) is 22.8 Å². The van der Waals surface area contributed by atoms with Gasteiger partial charge in [0.1, 0.15) is 24.3 Å². The van der Waals surface area contributed by atoms with Gasteiger partial charge in [-0.1, -0.05) is 37.1 Å². The Morgan fingerprint density at radius 2 is 1.68 bits per heavy atom. The average Bonchev–Trinajstić information content (AvgIpc) is 3.50. The van der Waals surface area contributed by atoms with E-state index < -0.39 is 11.9 Å². The summed E-state index contributed by atoms with van der Waals surface area (Å²) in [5.41, 5.74) is 3.10. The average molecular weight is 551 g/mol. The molecule has 2 fully saturated rings. The molecule has 8 nitrogen and oxygen atoms in total. The van der Waals surface area contributed by atoms with Gasteiger partial charge in [-0.2, -0.15) is 18.2 Å². The standard InChI is InChI=1S/C29H29F3N6O2/c1-38-14-22(29(30,31)32)36-26(38)20-9-7-17(8-10-20)15-40-27-21(18-5-3-4-6-18)13-33-25(37-27)23-24(19-11-12-19)34-16-35-28(23)39-2/h7-10,13-14,16,18-19H,3-6,11-12,15H2,1-2H3. The molecule has 0 amide bonds. The summed E-state index contributed by atoms with van der Waals surface area (Å²) in [7, 11) is 3.12. The van der Waals surface area contributed by atoms with Crippen LogP contribution in [-0.2, 0) is 19.8 Å². The van der Waals surface area contributed by atoms with Crippen molar-refractivity contribution in [3.8, 4) is 34.5 Å². The van der Waals surface area contributed by atoms with Crippen LogP contribution in [0.2, 0.25) is 0 Å². The van der Waals surface area contributed by atoms with Gasteiger partial charge in [0, 0.05) is 36.5 Å². The molecule has 0 spiro atoms. The molecule has 0 unspecified atom stereocenters. The smallest absolute Gasteiger partial charge is 0.434 e. The van der Waals surface area contributed by atoms with Crippen molar-refractivity contribution in [3.63, 3.8) is 0 Å². The molecular weight excluding hydrogens is 521 g/mol. The number of hydrogen-bond donors (Lipinski definition) is 0. The quantitative estimate of drug-likeness (QED) is 0.248. The Morgan fingerprint density at radius 3 is 2.33 bits per heavy atom. The van der Waals surface area contributed by atoms with Crippen molar-refractivity contribution in [2.45, 2.75) is 63.1 Å². The number of halogens is 3. The summed E-state index contributed by atoms with van der Waals surface area (Å²) < 4.78 is 52.5. The van der Waals surface area contributed by atoms with Crippen molar-refractivity contribution in [3.05, 3.63) is 65.5 Å². The van der Waals surface area contributed by atoms with Gasteiger partial charge in [0.2, 0.25) is 11.8 Å². The molecule has 6 rings (SSSR count). The maximum atomic E-state index is 13.1. The third-order valence-corrected chi connectivity index (χ3v) is 7.55. The molecule has 1 aromatic carbocycles. The van der Waals surface area contributed by atoms with Gasteiger partial charge >= 0.3 is 6.18 Å². The molecule has 11 heteroatoms. The van der Waals surface area contributed by atoms with Crippen molar-refractivity contribution in [1.29, 1.82) is 0 Å². The highest BCUT2D eigenvalue weighted by molar-refractivity contribution is 5.66. The van der Waals surface area contributed by atoms with Gasteiger partial charge < -0.3 is 14.0 Å². The van der Waals surface area contributed by atoms with E-state index in [1.165, 1.54) is 10.9 Å². The second-order valence-corrected chi connectivity index (χ2v) is 10.4. The Morgan fingerprint density at radius 1 is 0.925 bits per heavy atom. The number of hydrogen-bond acceptors (Lipinski definition) is 7. The molecular formula is C29H29F3N6O2. The number of nitrogens with zero attached hydrogens (tertiary/aromatic N) is 6. The van der Waals surface area contributed by atoms with Crippen molar-refractivity contribution < 1.29 is 22.6 Å². The second-order valence-electron chi connectivity index (χ2n) is 10.4. The molecule has 0 atom stereocenters. The molecule has 0 saturated heterocycles. The number of imidazole rings is 1. The summed E-state index contributed by atoms with van der Waals surface area (Å²) >= 11 is 0. The fourth-order valence-corrected chi connectivity index (χ4v) is 5.31. The van der Waals surface area contributed by atoms with Crippen LogP contribution < -0.4 is 9.47 Å². The van der Waals surface area contributed by atoms with Crippen LogP contribution in [0.4, 0.5) is 13.2 Å². The number of methoxy groups -OCH3 is 1. The maximum Gasteiger partial charge on any atom is 0.434 e. The van der Waals surface area contributed by atoms with Crippen LogP contribution in [0.1, 0.15) is 72.9 Å². The predicted molar refractivity (Wildman–Crippen MR) is 141 cm³/mol. The fourth-order valence-electron chi connectivity index (χ4n) is 5.31. The Kier molecular flexibility index (Phi) is 6.89. The fraction of sp³-hybridized carbons (Fsp3) is 0.414. The number of benzene rings is 1. The Bertz CT molecular complexity index is 1510. The molecule has 2 aliphatic rings. The summed E-state index contributed by atoms with van der Waals surface area (Å²) in [5.74, 6) is 2.35. The SMILES string of the molecule is COc1ncnc(C2CC2)c1-c1ncc(C2CCCC2)c(OCc2ccc(-c3nc(C(F)(F)F)cn3C)cc2)n1. The number of aromatic nitrogens is 6. The molecule has 40 heavy (non-hydrogen) atoms. The Labute approximate surface area is 229 Å². The largest absolute Gasteiger partial charge is 0.480 e. The molecule has 2 saturated carbocycles. The lowest BCUT2D eigenvalue weighted by Gasteiger charge is -2.17. The summed E-state index contributed by atoms with van der Waals surface area (Å²) in [6.45, 7) is 0.239. The maximum absolute atomic E-state index is 13.1. The van der Waals surface area contributed by atoms with Crippen molar-refractivity contribution in [2.75, 3.05) is 7.11 Å². The molecule has 0 bridgehead atoms. The van der Waals surface area contributed by atoms with Crippen molar-refractivity contribution in [2.24, 2.45) is 7.05 Å². The molecule has 208 valence electrons. The molecule has 0 N–H and O–H groups in total. The normalized spacial score (nSPS) is 15.9. The summed E-state index contributed by atoms with van der Waals surface area (Å²) in [6.07, 6.45) is 6.41. The van der Waals surface area contributed by atoms with E-state index in [2.05, 4.69) is 15.0 Å². The third-order valence-electron chi connectivity index (χ3n) is 7.55. The Balaban J connectivity index is 1.28. The lowest BCUT2D eigenvalue weighted by molar-refractivity contribution is -0.140. The van der Waals surface area contributed by atoms with Gasteiger partial charge in [0.25, 0.3) is 0 Å². The Hall–Kier alpha value is -4.02. The molecule has 0 radical (unpaired) electrons. The highest BCUT2D eigenvalue weighted by atomic mass is 19.4. The van der Waals surface area contributed by atoms with Gasteiger partial charge in [-0.25, -0.2) is 19.9 Å². The van der Waals surface area contributed by atoms with E-state index in [1.807, 2.05) is 18.3 Å². The van der Waals surface area contributed by atoms with Crippen molar-refractivity contribution in [1.82, 2.24) is 29.5 Å². The summed E-state index contributed by atoms with van der Waals surface area (Å²) in [6, 6.07) is 7.15. The van der Waals surface area contributed by atoms with Gasteiger partial charge in [0.15, 0.2) is 11.5 Å². The lowest BCUT2D eigenvalue weighted by Crippen LogP contribution is -2.08. The molecule has 2 aliphatic carbocycles. The first-order valence-corrected chi connectivity index (χ1v) is 13.4. The third kappa shape index (κ3) is 5.24. The summed E-state index contributed by atoms with van der Waals surface area (Å²) in [4.78, 5) is 22.2. The first-order valence-electron chi connectivity index (χ1n) is 13.4. The van der Waals surface area contributed by atoms with E-state index in [0.29, 0.717) is 40.5 Å². The highest BCUT2D eigenvalue weighted by Crippen LogP contribution is 2.46.